The van der Waals surface area contributed by atoms with Crippen LogP contribution in [0.3, 0.4) is 0 Å². The van der Waals surface area contributed by atoms with Crippen molar-refractivity contribution in [3.05, 3.63) is 70.3 Å². The zero-order chi connectivity index (χ0) is 36.7. The summed E-state index contributed by atoms with van der Waals surface area (Å²) in [6.07, 6.45) is 8.76. The van der Waals surface area contributed by atoms with E-state index in [0.717, 1.165) is 32.1 Å². The van der Waals surface area contributed by atoms with Crippen LogP contribution in [0.1, 0.15) is 55.2 Å². The average molecular weight is 756 g/mol. The average Bonchev–Trinajstić information content (AvgIpc) is 3.25. The third-order valence-corrected chi connectivity index (χ3v) is 14.0. The fourth-order valence-corrected chi connectivity index (χ4v) is 10.3. The minimum Gasteiger partial charge on any atom is -0.490 e. The molecule has 5 aliphatic rings. The molecule has 1 saturated heterocycles. The first-order valence-electron chi connectivity index (χ1n) is 18.6. The summed E-state index contributed by atoms with van der Waals surface area (Å²) in [5.41, 5.74) is 0.535. The maximum atomic E-state index is 13.4. The number of hydrogen-bond acceptors (Lipinski definition) is 9. The summed E-state index contributed by atoms with van der Waals surface area (Å²) in [7, 11) is -1.34. The SMILES string of the molecule is CN1CC/C=C/[C@H](OCCN2CCS(=O)(=O)CC2)[C@@H]2CC[C@H]2CN2C[C@@]3(CCCc4cc(Cl)ccc43)COc3ccc(cc32)[C@@](O)(C(=O)O)CC1=O. The largest absolute Gasteiger partial charge is 0.490 e. The number of aryl methyl sites for hydroxylation is 1. The Morgan fingerprint density at radius 3 is 2.67 bits per heavy atom. The topological polar surface area (TPSA) is 137 Å². The summed E-state index contributed by atoms with van der Waals surface area (Å²) in [4.78, 5) is 32.0. The summed E-state index contributed by atoms with van der Waals surface area (Å²) >= 11 is 6.46. The lowest BCUT2D eigenvalue weighted by molar-refractivity contribution is -0.164. The summed E-state index contributed by atoms with van der Waals surface area (Å²) in [6, 6.07) is 11.2. The second-order valence-electron chi connectivity index (χ2n) is 15.5. The van der Waals surface area contributed by atoms with Crippen LogP contribution in [0.15, 0.2) is 48.6 Å². The second kappa shape index (κ2) is 14.9. The Hall–Kier alpha value is -3.16. The van der Waals surface area contributed by atoms with E-state index in [9.17, 15) is 28.2 Å². The number of carboxylic acids is 1. The minimum atomic E-state index is -2.96. The summed E-state index contributed by atoms with van der Waals surface area (Å²) in [5.74, 6) is -0.476. The molecule has 7 rings (SSSR count). The van der Waals surface area contributed by atoms with E-state index in [4.69, 9.17) is 21.1 Å². The Bertz CT molecular complexity index is 1810. The molecule has 2 N–H and O–H groups in total. The second-order valence-corrected chi connectivity index (χ2v) is 18.2. The number of carbonyl (C=O) groups excluding carboxylic acids is 1. The van der Waals surface area contributed by atoms with Gasteiger partial charge in [-0.25, -0.2) is 13.2 Å². The lowest BCUT2D eigenvalue weighted by Crippen LogP contribution is -2.50. The van der Waals surface area contributed by atoms with Crippen molar-refractivity contribution in [2.24, 2.45) is 11.8 Å². The van der Waals surface area contributed by atoms with E-state index in [-0.39, 0.29) is 40.4 Å². The predicted molar refractivity (Wildman–Crippen MR) is 199 cm³/mol. The molecular weight excluding hydrogens is 706 g/mol. The number of aliphatic hydroxyl groups is 1. The monoisotopic (exact) mass is 755 g/mol. The molecule has 2 aromatic rings. The summed E-state index contributed by atoms with van der Waals surface area (Å²) in [6.45, 7) is 4.29. The number of rotatable bonds is 5. The first kappa shape index (κ1) is 37.2. The third kappa shape index (κ3) is 7.59. The Morgan fingerprint density at radius 1 is 1.12 bits per heavy atom. The van der Waals surface area contributed by atoms with E-state index in [1.54, 1.807) is 25.2 Å². The van der Waals surface area contributed by atoms with Crippen LogP contribution in [-0.2, 0) is 41.6 Å². The molecule has 1 spiro atoms. The van der Waals surface area contributed by atoms with Crippen LogP contribution < -0.4 is 9.64 Å². The van der Waals surface area contributed by atoms with Crippen molar-refractivity contribution in [2.45, 2.75) is 62.1 Å². The van der Waals surface area contributed by atoms with E-state index in [1.165, 1.54) is 16.0 Å². The van der Waals surface area contributed by atoms with Gasteiger partial charge in [-0.1, -0.05) is 35.9 Å². The molecule has 2 fully saturated rings. The fraction of sp³-hybridized carbons (Fsp3) is 0.590. The van der Waals surface area contributed by atoms with Crippen molar-refractivity contribution in [2.75, 3.05) is 75.9 Å². The lowest BCUT2D eigenvalue weighted by atomic mass is 9.68. The van der Waals surface area contributed by atoms with E-state index >= 15 is 0 Å². The molecule has 2 aliphatic carbocycles. The molecule has 11 nitrogen and oxygen atoms in total. The van der Waals surface area contributed by atoms with Gasteiger partial charge in [0, 0.05) is 56.8 Å². The van der Waals surface area contributed by atoms with Gasteiger partial charge in [-0.3, -0.25) is 9.69 Å². The molecule has 52 heavy (non-hydrogen) atoms. The molecule has 13 heteroatoms. The van der Waals surface area contributed by atoms with Gasteiger partial charge < -0.3 is 29.5 Å². The smallest absolute Gasteiger partial charge is 0.340 e. The van der Waals surface area contributed by atoms with Gasteiger partial charge in [0.1, 0.15) is 5.75 Å². The third-order valence-electron chi connectivity index (χ3n) is 12.2. The van der Waals surface area contributed by atoms with Crippen molar-refractivity contribution < 1.29 is 37.7 Å². The quantitative estimate of drug-likeness (QED) is 0.431. The number of sulfone groups is 1. The molecular formula is C39H50ClN3O8S. The number of carboxylic acid groups (broad SMARTS) is 1. The van der Waals surface area contributed by atoms with Crippen LogP contribution in [-0.4, -0.2) is 117 Å². The zero-order valence-electron chi connectivity index (χ0n) is 29.8. The molecule has 2 bridgehead atoms. The maximum absolute atomic E-state index is 13.4. The Kier molecular flexibility index (Phi) is 10.7. The summed E-state index contributed by atoms with van der Waals surface area (Å²) < 4.78 is 37.2. The first-order chi connectivity index (χ1) is 24.9. The van der Waals surface area contributed by atoms with Crippen LogP contribution in [0.25, 0.3) is 0 Å². The molecule has 0 radical (unpaired) electrons. The van der Waals surface area contributed by atoms with Gasteiger partial charge in [0.25, 0.3) is 0 Å². The highest BCUT2D eigenvalue weighted by molar-refractivity contribution is 7.91. The number of ether oxygens (including phenoxy) is 2. The van der Waals surface area contributed by atoms with Crippen molar-refractivity contribution >= 4 is 39.0 Å². The van der Waals surface area contributed by atoms with Crippen molar-refractivity contribution in [1.29, 1.82) is 0 Å². The lowest BCUT2D eigenvalue weighted by Gasteiger charge is -2.46. The molecule has 282 valence electrons. The Labute approximate surface area is 311 Å². The molecule has 1 saturated carbocycles. The van der Waals surface area contributed by atoms with E-state index in [1.807, 2.05) is 12.1 Å². The number of benzene rings is 2. The number of halogens is 1. The minimum absolute atomic E-state index is 0.143. The Morgan fingerprint density at radius 2 is 1.92 bits per heavy atom. The van der Waals surface area contributed by atoms with Crippen molar-refractivity contribution in [3.8, 4) is 5.75 Å². The van der Waals surface area contributed by atoms with Crippen LogP contribution >= 0.6 is 11.6 Å². The number of aliphatic carboxylic acids is 1. The normalized spacial score (nSPS) is 31.4. The van der Waals surface area contributed by atoms with E-state index in [0.29, 0.717) is 75.4 Å². The Balaban J connectivity index is 1.23. The fourth-order valence-electron chi connectivity index (χ4n) is 8.80. The van der Waals surface area contributed by atoms with Crippen molar-refractivity contribution in [3.63, 3.8) is 0 Å². The number of anilines is 1. The molecule has 1 amide bonds. The number of fused-ring (bicyclic) bond motifs is 4. The molecule has 3 aliphatic heterocycles. The van der Waals surface area contributed by atoms with Crippen LogP contribution in [0.2, 0.25) is 5.02 Å². The number of nitrogens with zero attached hydrogens (tertiary/aromatic N) is 3. The highest BCUT2D eigenvalue weighted by Crippen LogP contribution is 2.48. The van der Waals surface area contributed by atoms with Gasteiger partial charge in [-0.15, -0.1) is 0 Å². The van der Waals surface area contributed by atoms with Gasteiger partial charge >= 0.3 is 5.97 Å². The van der Waals surface area contributed by atoms with Crippen LogP contribution in [0.4, 0.5) is 5.69 Å². The molecule has 0 unspecified atom stereocenters. The van der Waals surface area contributed by atoms with E-state index < -0.39 is 33.7 Å². The van der Waals surface area contributed by atoms with Gasteiger partial charge in [-0.05, 0) is 91.3 Å². The van der Waals surface area contributed by atoms with Crippen molar-refractivity contribution in [1.82, 2.24) is 9.80 Å². The highest BCUT2D eigenvalue weighted by atomic mass is 35.5. The van der Waals surface area contributed by atoms with Crippen LogP contribution in [0, 0.1) is 11.8 Å². The molecule has 5 atom stereocenters. The van der Waals surface area contributed by atoms with E-state index in [2.05, 4.69) is 28.0 Å². The zero-order valence-corrected chi connectivity index (χ0v) is 31.4. The number of carbonyl (C=O) groups is 2. The van der Waals surface area contributed by atoms with Gasteiger partial charge in [0.05, 0.1) is 42.9 Å². The number of amides is 1. The maximum Gasteiger partial charge on any atom is 0.340 e. The standard InChI is InChI=1S/C39H50ClN3O8S/c1-41-14-3-2-6-34(50-18-15-42-16-19-52(48,49)20-17-42)31-10-7-28(31)24-43-25-38(13-4-5-27-21-30(40)9-11-32(27)38)26-51-35-12-8-29(22-33(35)43)39(47,37(45)46)23-36(41)44/h2,6,8-9,11-12,21-22,28,31,34,47H,3-5,7,10,13-20,23-26H2,1H3,(H,45,46)/b6-2+/t28-,31+,34-,38-,39+/m0/s1. The predicted octanol–water partition coefficient (Wildman–Crippen LogP) is 4.04. The van der Waals surface area contributed by atoms with Gasteiger partial charge in [0.2, 0.25) is 5.91 Å². The highest BCUT2D eigenvalue weighted by Gasteiger charge is 2.46. The van der Waals surface area contributed by atoms with Gasteiger partial charge in [-0.2, -0.15) is 0 Å². The molecule has 3 heterocycles. The van der Waals surface area contributed by atoms with Crippen LogP contribution in [0.5, 0.6) is 5.75 Å². The van der Waals surface area contributed by atoms with Gasteiger partial charge in [0.15, 0.2) is 15.4 Å². The molecule has 2 aromatic carbocycles. The summed E-state index contributed by atoms with van der Waals surface area (Å²) in [5, 5.41) is 22.8. The number of hydrogen-bond donors (Lipinski definition) is 2. The first-order valence-corrected chi connectivity index (χ1v) is 20.8. The molecule has 0 aromatic heterocycles.